The molecule has 6 nitrogen and oxygen atoms in total. The van der Waals surface area contributed by atoms with Gasteiger partial charge in [-0.15, -0.1) is 23.1 Å². The molecule has 1 aromatic carbocycles. The second kappa shape index (κ2) is 8.77. The summed E-state index contributed by atoms with van der Waals surface area (Å²) in [5.74, 6) is 0.881. The molecule has 2 aromatic rings. The standard InChI is InChI=1S/C19H23N3O3S2/c1-22-9-7-14-15(11-22)27-19(17(14)18(20)24)21-16(23)8-10-26-13-5-3-12(25-2)4-6-13/h3-6H,7-11H2,1-2H3,(H2,20,24)(H,21,23). The summed E-state index contributed by atoms with van der Waals surface area (Å²) in [5.41, 5.74) is 7.06. The van der Waals surface area contributed by atoms with Gasteiger partial charge in [0.1, 0.15) is 10.8 Å². The van der Waals surface area contributed by atoms with Crippen LogP contribution in [0.4, 0.5) is 5.00 Å². The van der Waals surface area contributed by atoms with Crippen LogP contribution in [0.15, 0.2) is 29.2 Å². The van der Waals surface area contributed by atoms with E-state index in [1.807, 2.05) is 31.3 Å². The molecule has 3 N–H and O–H groups in total. The van der Waals surface area contributed by atoms with Gasteiger partial charge in [0.15, 0.2) is 0 Å². The average Bonchev–Trinajstić information content (AvgIpc) is 2.99. The molecule has 0 spiro atoms. The van der Waals surface area contributed by atoms with Crippen molar-refractivity contribution in [3.05, 3.63) is 40.3 Å². The van der Waals surface area contributed by atoms with Crippen LogP contribution in [0.25, 0.3) is 0 Å². The third-order valence-corrected chi connectivity index (χ3v) is 6.55. The maximum atomic E-state index is 12.4. The van der Waals surface area contributed by atoms with Gasteiger partial charge in [-0.25, -0.2) is 0 Å². The first-order chi connectivity index (χ1) is 13.0. The number of rotatable bonds is 7. The fraction of sp³-hybridized carbons (Fsp3) is 0.368. The number of primary amides is 1. The van der Waals surface area contributed by atoms with Gasteiger partial charge in [0.05, 0.1) is 12.7 Å². The van der Waals surface area contributed by atoms with Gasteiger partial charge in [-0.2, -0.15) is 0 Å². The van der Waals surface area contributed by atoms with Gasteiger partial charge >= 0.3 is 0 Å². The molecule has 1 aliphatic heterocycles. The van der Waals surface area contributed by atoms with Gasteiger partial charge in [0.2, 0.25) is 5.91 Å². The Labute approximate surface area is 167 Å². The molecule has 3 rings (SSSR count). The fourth-order valence-electron chi connectivity index (χ4n) is 3.00. The minimum absolute atomic E-state index is 0.106. The summed E-state index contributed by atoms with van der Waals surface area (Å²) in [6.45, 7) is 1.67. The third-order valence-electron chi connectivity index (χ3n) is 4.40. The maximum Gasteiger partial charge on any atom is 0.251 e. The molecule has 2 heterocycles. The number of benzene rings is 1. The maximum absolute atomic E-state index is 12.4. The van der Waals surface area contributed by atoms with Gasteiger partial charge < -0.3 is 20.7 Å². The number of nitrogens with one attached hydrogen (secondary N) is 1. The number of hydrogen-bond acceptors (Lipinski definition) is 6. The highest BCUT2D eigenvalue weighted by atomic mass is 32.2. The SMILES string of the molecule is COc1ccc(SCCC(=O)Nc2sc3c(c2C(N)=O)CCN(C)C3)cc1. The van der Waals surface area contributed by atoms with E-state index in [9.17, 15) is 9.59 Å². The number of carbonyl (C=O) groups is 2. The largest absolute Gasteiger partial charge is 0.497 e. The number of nitrogens with zero attached hydrogens (tertiary/aromatic N) is 1. The molecule has 2 amide bonds. The summed E-state index contributed by atoms with van der Waals surface area (Å²) in [6.07, 6.45) is 1.14. The Morgan fingerprint density at radius 1 is 1.33 bits per heavy atom. The number of hydrogen-bond donors (Lipinski definition) is 2. The van der Waals surface area contributed by atoms with Crippen LogP contribution in [0.1, 0.15) is 27.2 Å². The van der Waals surface area contributed by atoms with E-state index < -0.39 is 5.91 Å². The second-order valence-electron chi connectivity index (χ2n) is 6.38. The van der Waals surface area contributed by atoms with E-state index in [1.54, 1.807) is 18.9 Å². The van der Waals surface area contributed by atoms with Gasteiger partial charge in [0.25, 0.3) is 5.91 Å². The molecule has 8 heteroatoms. The van der Waals surface area contributed by atoms with Crippen LogP contribution in [0.5, 0.6) is 5.75 Å². The lowest BCUT2D eigenvalue weighted by atomic mass is 10.0. The molecular weight excluding hydrogens is 382 g/mol. The summed E-state index contributed by atoms with van der Waals surface area (Å²) >= 11 is 3.07. The van der Waals surface area contributed by atoms with Crippen LogP contribution in [0, 0.1) is 0 Å². The van der Waals surface area contributed by atoms with Crippen LogP contribution in [0.2, 0.25) is 0 Å². The lowest BCUT2D eigenvalue weighted by Gasteiger charge is -2.22. The van der Waals surface area contributed by atoms with Crippen molar-refractivity contribution in [3.63, 3.8) is 0 Å². The van der Waals surface area contributed by atoms with E-state index in [0.717, 1.165) is 40.6 Å². The zero-order valence-corrected chi connectivity index (χ0v) is 17.0. The predicted octanol–water partition coefficient (Wildman–Crippen LogP) is 2.96. The summed E-state index contributed by atoms with van der Waals surface area (Å²) in [7, 11) is 3.68. The highest BCUT2D eigenvalue weighted by Crippen LogP contribution is 2.36. The Morgan fingerprint density at radius 3 is 2.74 bits per heavy atom. The number of carbonyl (C=O) groups excluding carboxylic acids is 2. The highest BCUT2D eigenvalue weighted by Gasteiger charge is 2.26. The second-order valence-corrected chi connectivity index (χ2v) is 8.66. The topological polar surface area (TPSA) is 84.7 Å². The lowest BCUT2D eigenvalue weighted by molar-refractivity contribution is -0.115. The number of likely N-dealkylation sites (N-methyl/N-ethyl adjacent to an activating group) is 1. The van der Waals surface area contributed by atoms with Crippen LogP contribution >= 0.6 is 23.1 Å². The zero-order chi connectivity index (χ0) is 19.4. The zero-order valence-electron chi connectivity index (χ0n) is 15.4. The lowest BCUT2D eigenvalue weighted by Crippen LogP contribution is -2.27. The quantitative estimate of drug-likeness (QED) is 0.692. The number of thiophene rings is 1. The molecule has 1 aliphatic rings. The van der Waals surface area contributed by atoms with Crippen LogP contribution in [-0.2, 0) is 17.8 Å². The number of nitrogens with two attached hydrogens (primary N) is 1. The van der Waals surface area contributed by atoms with Crippen molar-refractivity contribution < 1.29 is 14.3 Å². The Morgan fingerprint density at radius 2 is 2.07 bits per heavy atom. The third kappa shape index (κ3) is 4.82. The van der Waals surface area contributed by atoms with E-state index in [0.29, 0.717) is 22.7 Å². The molecule has 0 atom stereocenters. The number of thioether (sulfide) groups is 1. The van der Waals surface area contributed by atoms with Crippen LogP contribution in [0.3, 0.4) is 0 Å². The van der Waals surface area contributed by atoms with Crippen molar-refractivity contribution in [2.75, 3.05) is 31.8 Å². The molecule has 144 valence electrons. The van der Waals surface area contributed by atoms with E-state index in [2.05, 4.69) is 10.2 Å². The molecular formula is C19H23N3O3S2. The number of fused-ring (bicyclic) bond motifs is 1. The van der Waals surface area contributed by atoms with Crippen molar-refractivity contribution >= 4 is 39.9 Å². The Hall–Kier alpha value is -2.03. The average molecular weight is 406 g/mol. The predicted molar refractivity (Wildman–Crippen MR) is 110 cm³/mol. The number of amides is 2. The van der Waals surface area contributed by atoms with Gasteiger partial charge in [-0.05, 0) is 43.3 Å². The smallest absolute Gasteiger partial charge is 0.251 e. The molecule has 0 bridgehead atoms. The first-order valence-electron chi connectivity index (χ1n) is 8.67. The molecule has 0 saturated carbocycles. The number of methoxy groups -OCH3 is 1. The summed E-state index contributed by atoms with van der Waals surface area (Å²) < 4.78 is 5.14. The van der Waals surface area contributed by atoms with Gasteiger partial charge in [-0.1, -0.05) is 0 Å². The molecule has 0 unspecified atom stereocenters. The van der Waals surface area contributed by atoms with E-state index in [-0.39, 0.29) is 5.91 Å². The summed E-state index contributed by atoms with van der Waals surface area (Å²) in [4.78, 5) is 28.7. The summed E-state index contributed by atoms with van der Waals surface area (Å²) in [5, 5.41) is 3.48. The van der Waals surface area contributed by atoms with Crippen LogP contribution in [-0.4, -0.2) is 43.2 Å². The molecule has 0 radical (unpaired) electrons. The highest BCUT2D eigenvalue weighted by molar-refractivity contribution is 7.99. The minimum atomic E-state index is -0.472. The Balaban J connectivity index is 1.59. The van der Waals surface area contributed by atoms with Crippen molar-refractivity contribution in [2.24, 2.45) is 5.73 Å². The first kappa shape index (κ1) is 19.7. The molecule has 1 aromatic heterocycles. The minimum Gasteiger partial charge on any atom is -0.497 e. The van der Waals surface area contributed by atoms with Crippen molar-refractivity contribution in [1.82, 2.24) is 4.90 Å². The summed E-state index contributed by atoms with van der Waals surface area (Å²) in [6, 6.07) is 7.73. The van der Waals surface area contributed by atoms with E-state index in [4.69, 9.17) is 10.5 Å². The number of anilines is 1. The van der Waals surface area contributed by atoms with E-state index in [1.165, 1.54) is 11.3 Å². The molecule has 0 fully saturated rings. The normalized spacial score (nSPS) is 13.9. The van der Waals surface area contributed by atoms with Crippen molar-refractivity contribution in [2.45, 2.75) is 24.3 Å². The van der Waals surface area contributed by atoms with Crippen molar-refractivity contribution in [3.8, 4) is 5.75 Å². The molecule has 0 aliphatic carbocycles. The monoisotopic (exact) mass is 405 g/mol. The van der Waals surface area contributed by atoms with Gasteiger partial charge in [-0.3, -0.25) is 9.59 Å². The molecule has 0 saturated heterocycles. The number of ether oxygens (including phenoxy) is 1. The Bertz CT molecular complexity index is 833. The van der Waals surface area contributed by atoms with E-state index >= 15 is 0 Å². The fourth-order valence-corrected chi connectivity index (χ4v) is 5.20. The Kier molecular flexibility index (Phi) is 6.41. The van der Waals surface area contributed by atoms with Gasteiger partial charge in [0, 0.05) is 35.0 Å². The molecule has 27 heavy (non-hydrogen) atoms. The first-order valence-corrected chi connectivity index (χ1v) is 10.5. The van der Waals surface area contributed by atoms with Crippen molar-refractivity contribution in [1.29, 1.82) is 0 Å². The van der Waals surface area contributed by atoms with Crippen LogP contribution < -0.4 is 15.8 Å².